The Labute approximate surface area is 114 Å². The fourth-order valence-electron chi connectivity index (χ4n) is 1.99. The third kappa shape index (κ3) is 3.68. The van der Waals surface area contributed by atoms with Crippen LogP contribution in [0.15, 0.2) is 29.2 Å². The Morgan fingerprint density at radius 1 is 1.26 bits per heavy atom. The summed E-state index contributed by atoms with van der Waals surface area (Å²) in [6.07, 6.45) is 2.06. The van der Waals surface area contributed by atoms with Crippen molar-refractivity contribution in [3.8, 4) is 0 Å². The third-order valence-corrected chi connectivity index (χ3v) is 4.67. The van der Waals surface area contributed by atoms with Gasteiger partial charge in [-0.1, -0.05) is 6.92 Å². The number of nitrogens with one attached hydrogen (secondary N) is 2. The molecule has 0 unspecified atom stereocenters. The molecule has 0 radical (unpaired) electrons. The zero-order chi connectivity index (χ0) is 13.9. The van der Waals surface area contributed by atoms with E-state index in [-0.39, 0.29) is 17.0 Å². The second kappa shape index (κ2) is 5.90. The molecule has 0 aliphatic heterocycles. The molecular weight excluding hydrogens is 264 g/mol. The molecule has 0 heterocycles. The van der Waals surface area contributed by atoms with Gasteiger partial charge in [0.15, 0.2) is 0 Å². The number of hydrogen-bond donors (Lipinski definition) is 3. The average Bonchev–Trinajstić information content (AvgIpc) is 2.35. The van der Waals surface area contributed by atoms with Crippen LogP contribution in [0, 0.1) is 0 Å². The van der Waals surface area contributed by atoms with E-state index in [9.17, 15) is 13.5 Å². The highest BCUT2D eigenvalue weighted by Crippen LogP contribution is 2.24. The van der Waals surface area contributed by atoms with E-state index in [1.54, 1.807) is 24.3 Å². The molecule has 0 atom stereocenters. The van der Waals surface area contributed by atoms with Crippen LogP contribution >= 0.6 is 0 Å². The first-order chi connectivity index (χ1) is 9.01. The molecule has 0 amide bonds. The van der Waals surface area contributed by atoms with Crippen LogP contribution < -0.4 is 10.0 Å². The van der Waals surface area contributed by atoms with E-state index in [1.165, 1.54) is 0 Å². The van der Waals surface area contributed by atoms with Crippen molar-refractivity contribution in [2.75, 3.05) is 11.9 Å². The van der Waals surface area contributed by atoms with Crippen LogP contribution in [-0.4, -0.2) is 32.2 Å². The smallest absolute Gasteiger partial charge is 0.240 e. The van der Waals surface area contributed by atoms with Gasteiger partial charge in [-0.25, -0.2) is 13.1 Å². The lowest BCUT2D eigenvalue weighted by atomic mass is 9.89. The Morgan fingerprint density at radius 2 is 1.89 bits per heavy atom. The summed E-state index contributed by atoms with van der Waals surface area (Å²) in [6, 6.07) is 6.98. The van der Waals surface area contributed by atoms with E-state index < -0.39 is 10.0 Å². The van der Waals surface area contributed by atoms with Gasteiger partial charge in [0.2, 0.25) is 10.0 Å². The van der Waals surface area contributed by atoms with E-state index in [2.05, 4.69) is 10.0 Å². The molecule has 1 fully saturated rings. The number of benzene rings is 1. The molecule has 3 N–H and O–H groups in total. The van der Waals surface area contributed by atoms with Crippen molar-refractivity contribution in [3.05, 3.63) is 24.3 Å². The van der Waals surface area contributed by atoms with E-state index in [0.717, 1.165) is 24.9 Å². The summed E-state index contributed by atoms with van der Waals surface area (Å²) in [5, 5.41) is 12.5. The van der Waals surface area contributed by atoms with Gasteiger partial charge in [-0.2, -0.15) is 0 Å². The number of aliphatic hydroxyl groups is 1. The molecule has 0 spiro atoms. The summed E-state index contributed by atoms with van der Waals surface area (Å²) in [7, 11) is -3.39. The zero-order valence-electron chi connectivity index (χ0n) is 11.0. The molecule has 1 aliphatic rings. The van der Waals surface area contributed by atoms with Crippen molar-refractivity contribution in [2.45, 2.75) is 43.2 Å². The molecule has 0 bridgehead atoms. The van der Waals surface area contributed by atoms with Crippen molar-refractivity contribution in [1.29, 1.82) is 0 Å². The van der Waals surface area contributed by atoms with Gasteiger partial charge in [-0.05, 0) is 43.5 Å². The zero-order valence-corrected chi connectivity index (χ0v) is 11.8. The van der Waals surface area contributed by atoms with Gasteiger partial charge in [0.1, 0.15) is 0 Å². The largest absolute Gasteiger partial charge is 0.393 e. The molecule has 6 heteroatoms. The standard InChI is InChI=1S/C13H20N2O3S/c1-2-7-14-19(17,18)13-5-3-10(4-6-13)15-11-8-12(16)9-11/h3-6,11-12,14-16H,2,7-9H2,1H3. The summed E-state index contributed by atoms with van der Waals surface area (Å²) in [4.78, 5) is 0.278. The minimum atomic E-state index is -3.39. The Balaban J connectivity index is 1.98. The maximum atomic E-state index is 11.9. The normalized spacial score (nSPS) is 22.8. The van der Waals surface area contributed by atoms with Crippen molar-refractivity contribution in [2.24, 2.45) is 0 Å². The molecule has 0 aromatic heterocycles. The summed E-state index contributed by atoms with van der Waals surface area (Å²) < 4.78 is 26.3. The van der Waals surface area contributed by atoms with E-state index in [1.807, 2.05) is 6.92 Å². The number of rotatable bonds is 6. The fourth-order valence-corrected chi connectivity index (χ4v) is 3.13. The SMILES string of the molecule is CCCNS(=O)(=O)c1ccc(NC2CC(O)C2)cc1. The molecule has 0 saturated heterocycles. The first-order valence-electron chi connectivity index (χ1n) is 6.55. The van der Waals surface area contributed by atoms with Gasteiger partial charge in [0, 0.05) is 18.3 Å². The van der Waals surface area contributed by atoms with Gasteiger partial charge < -0.3 is 10.4 Å². The van der Waals surface area contributed by atoms with Crippen LogP contribution in [0.1, 0.15) is 26.2 Å². The predicted molar refractivity (Wildman–Crippen MR) is 74.6 cm³/mol. The fraction of sp³-hybridized carbons (Fsp3) is 0.538. The molecule has 1 aliphatic carbocycles. The Kier molecular flexibility index (Phi) is 4.44. The van der Waals surface area contributed by atoms with Crippen LogP contribution in [0.3, 0.4) is 0 Å². The summed E-state index contributed by atoms with van der Waals surface area (Å²) in [5.74, 6) is 0. The first kappa shape index (κ1) is 14.3. The molecule has 5 nitrogen and oxygen atoms in total. The minimum absolute atomic E-state index is 0.199. The minimum Gasteiger partial charge on any atom is -0.393 e. The van der Waals surface area contributed by atoms with E-state index in [0.29, 0.717) is 6.54 Å². The lowest BCUT2D eigenvalue weighted by Crippen LogP contribution is -2.38. The number of aliphatic hydroxyl groups excluding tert-OH is 1. The molecule has 1 aromatic rings. The number of sulfonamides is 1. The highest BCUT2D eigenvalue weighted by Gasteiger charge is 2.26. The van der Waals surface area contributed by atoms with Crippen LogP contribution in [0.25, 0.3) is 0 Å². The molecule has 1 aromatic carbocycles. The first-order valence-corrected chi connectivity index (χ1v) is 8.04. The molecular formula is C13H20N2O3S. The van der Waals surface area contributed by atoms with Crippen molar-refractivity contribution >= 4 is 15.7 Å². The van der Waals surface area contributed by atoms with Crippen molar-refractivity contribution in [1.82, 2.24) is 4.72 Å². The van der Waals surface area contributed by atoms with E-state index >= 15 is 0 Å². The lowest BCUT2D eigenvalue weighted by molar-refractivity contribution is 0.0836. The van der Waals surface area contributed by atoms with Gasteiger partial charge in [-0.15, -0.1) is 0 Å². The van der Waals surface area contributed by atoms with Crippen LogP contribution in [0.2, 0.25) is 0 Å². The Hall–Kier alpha value is -1.11. The van der Waals surface area contributed by atoms with Crippen LogP contribution in [0.4, 0.5) is 5.69 Å². The number of hydrogen-bond acceptors (Lipinski definition) is 4. The van der Waals surface area contributed by atoms with E-state index in [4.69, 9.17) is 0 Å². The number of anilines is 1. The van der Waals surface area contributed by atoms with Gasteiger partial charge >= 0.3 is 0 Å². The quantitative estimate of drug-likeness (QED) is 0.736. The van der Waals surface area contributed by atoms with Crippen LogP contribution in [-0.2, 0) is 10.0 Å². The maximum absolute atomic E-state index is 11.9. The third-order valence-electron chi connectivity index (χ3n) is 3.19. The van der Waals surface area contributed by atoms with Crippen LogP contribution in [0.5, 0.6) is 0 Å². The molecule has 19 heavy (non-hydrogen) atoms. The lowest BCUT2D eigenvalue weighted by Gasteiger charge is -2.32. The van der Waals surface area contributed by atoms with Gasteiger partial charge in [0.05, 0.1) is 11.0 Å². The molecule has 106 valence electrons. The summed E-state index contributed by atoms with van der Waals surface area (Å²) in [5.41, 5.74) is 0.881. The van der Waals surface area contributed by atoms with Crippen molar-refractivity contribution in [3.63, 3.8) is 0 Å². The Morgan fingerprint density at radius 3 is 2.42 bits per heavy atom. The predicted octanol–water partition coefficient (Wildman–Crippen LogP) is 1.31. The molecule has 2 rings (SSSR count). The maximum Gasteiger partial charge on any atom is 0.240 e. The highest BCUT2D eigenvalue weighted by molar-refractivity contribution is 7.89. The summed E-state index contributed by atoms with van der Waals surface area (Å²) in [6.45, 7) is 2.37. The monoisotopic (exact) mass is 284 g/mol. The van der Waals surface area contributed by atoms with Gasteiger partial charge in [-0.3, -0.25) is 0 Å². The highest BCUT2D eigenvalue weighted by atomic mass is 32.2. The second-order valence-electron chi connectivity index (χ2n) is 4.89. The van der Waals surface area contributed by atoms with Gasteiger partial charge in [0.25, 0.3) is 0 Å². The average molecular weight is 284 g/mol. The van der Waals surface area contributed by atoms with Crippen molar-refractivity contribution < 1.29 is 13.5 Å². The Bertz CT molecular complexity index is 507. The molecule has 1 saturated carbocycles. The second-order valence-corrected chi connectivity index (χ2v) is 6.66. The topological polar surface area (TPSA) is 78.4 Å². The summed E-state index contributed by atoms with van der Waals surface area (Å²) >= 11 is 0.